The lowest BCUT2D eigenvalue weighted by molar-refractivity contribution is -0.123. The van der Waals surface area contributed by atoms with E-state index in [1.165, 1.54) is 11.8 Å². The van der Waals surface area contributed by atoms with Crippen molar-refractivity contribution in [1.82, 2.24) is 15.1 Å². The average molecular weight is 331 g/mol. The highest BCUT2D eigenvalue weighted by molar-refractivity contribution is 5.83. The number of aryl methyl sites for hydroxylation is 1. The number of hydrogen-bond acceptors (Lipinski definition) is 2. The predicted octanol–water partition coefficient (Wildman–Crippen LogP) is 3.00. The van der Waals surface area contributed by atoms with Crippen molar-refractivity contribution >= 4 is 5.91 Å². The summed E-state index contributed by atoms with van der Waals surface area (Å²) in [6.07, 6.45) is 5.43. The Morgan fingerprint density at radius 1 is 1.33 bits per heavy atom. The van der Waals surface area contributed by atoms with Gasteiger partial charge in [-0.15, -0.1) is 0 Å². The predicted molar refractivity (Wildman–Crippen MR) is 84.2 cm³/mol. The molecule has 3 atom stereocenters. The summed E-state index contributed by atoms with van der Waals surface area (Å²) >= 11 is 0. The van der Waals surface area contributed by atoms with Crippen LogP contribution in [0.3, 0.4) is 0 Å². The Kier molecular flexibility index (Phi) is 3.62. The van der Waals surface area contributed by atoms with Crippen LogP contribution in [0.1, 0.15) is 48.0 Å². The third-order valence-electron chi connectivity index (χ3n) is 5.19. The number of fused-ring (bicyclic) bond motifs is 1. The molecule has 1 fully saturated rings. The van der Waals surface area contributed by atoms with E-state index in [9.17, 15) is 13.6 Å². The minimum atomic E-state index is -0.856. The molecule has 24 heavy (non-hydrogen) atoms. The van der Waals surface area contributed by atoms with E-state index in [-0.39, 0.29) is 23.8 Å². The van der Waals surface area contributed by atoms with Crippen LogP contribution in [-0.2, 0) is 18.3 Å². The largest absolute Gasteiger partial charge is 0.349 e. The maximum Gasteiger partial charge on any atom is 0.224 e. The van der Waals surface area contributed by atoms with Crippen LogP contribution in [0, 0.1) is 17.6 Å². The van der Waals surface area contributed by atoms with E-state index in [2.05, 4.69) is 10.4 Å². The first-order valence-corrected chi connectivity index (χ1v) is 8.30. The molecule has 4 nitrogen and oxygen atoms in total. The van der Waals surface area contributed by atoms with Crippen LogP contribution in [0.5, 0.6) is 0 Å². The summed E-state index contributed by atoms with van der Waals surface area (Å²) < 4.78 is 28.2. The van der Waals surface area contributed by atoms with Crippen molar-refractivity contribution in [3.63, 3.8) is 0 Å². The lowest BCUT2D eigenvalue weighted by atomic mass is 9.93. The van der Waals surface area contributed by atoms with Gasteiger partial charge in [-0.25, -0.2) is 8.78 Å². The van der Waals surface area contributed by atoms with Gasteiger partial charge < -0.3 is 5.32 Å². The molecule has 0 radical (unpaired) electrons. The molecule has 0 aliphatic heterocycles. The molecular formula is C18H19F2N3O. The van der Waals surface area contributed by atoms with Crippen molar-refractivity contribution < 1.29 is 13.6 Å². The van der Waals surface area contributed by atoms with Crippen LogP contribution in [0.2, 0.25) is 0 Å². The number of aromatic nitrogens is 2. The Morgan fingerprint density at radius 3 is 2.96 bits per heavy atom. The molecule has 1 aromatic carbocycles. The van der Waals surface area contributed by atoms with Gasteiger partial charge in [0.05, 0.1) is 12.2 Å². The van der Waals surface area contributed by atoms with Crippen LogP contribution in [-0.4, -0.2) is 15.7 Å². The van der Waals surface area contributed by atoms with Crippen molar-refractivity contribution in [2.45, 2.75) is 37.6 Å². The number of nitrogens with zero attached hydrogens (tertiary/aromatic N) is 2. The zero-order valence-electron chi connectivity index (χ0n) is 13.4. The van der Waals surface area contributed by atoms with Gasteiger partial charge in [-0.1, -0.05) is 6.07 Å². The van der Waals surface area contributed by atoms with Gasteiger partial charge in [0.15, 0.2) is 11.6 Å². The number of carbonyl (C=O) groups excluding carboxylic acids is 1. The molecule has 0 saturated heterocycles. The van der Waals surface area contributed by atoms with Gasteiger partial charge in [-0.3, -0.25) is 9.48 Å². The summed E-state index contributed by atoms with van der Waals surface area (Å²) in [5.74, 6) is -1.89. The Morgan fingerprint density at radius 2 is 2.17 bits per heavy atom. The van der Waals surface area contributed by atoms with E-state index in [0.29, 0.717) is 12.0 Å². The standard InChI is InChI=1S/C18H19F2N3O/c1-23-17-4-2-3-16(13(17)9-21-23)22-18(24)12-8-11(12)10-5-6-14(19)15(20)7-10/h5-7,9,11-12,16H,2-4,8H2,1H3,(H,22,24). The molecule has 4 rings (SSSR count). The van der Waals surface area contributed by atoms with Gasteiger partial charge >= 0.3 is 0 Å². The number of rotatable bonds is 3. The quantitative estimate of drug-likeness (QED) is 0.940. The van der Waals surface area contributed by atoms with Crippen LogP contribution >= 0.6 is 0 Å². The molecule has 1 amide bonds. The zero-order chi connectivity index (χ0) is 16.8. The molecular weight excluding hydrogens is 312 g/mol. The molecule has 2 aliphatic rings. The minimum Gasteiger partial charge on any atom is -0.349 e. The van der Waals surface area contributed by atoms with E-state index in [1.54, 1.807) is 6.07 Å². The maximum atomic E-state index is 13.4. The number of halogens is 2. The van der Waals surface area contributed by atoms with E-state index >= 15 is 0 Å². The van der Waals surface area contributed by atoms with Crippen LogP contribution in [0.4, 0.5) is 8.78 Å². The van der Waals surface area contributed by atoms with E-state index in [1.807, 2.05) is 17.9 Å². The number of hydrogen-bond donors (Lipinski definition) is 1. The van der Waals surface area contributed by atoms with Gasteiger partial charge in [0.1, 0.15) is 0 Å². The molecule has 2 aliphatic carbocycles. The molecule has 1 N–H and O–H groups in total. The number of amides is 1. The molecule has 0 bridgehead atoms. The lowest BCUT2D eigenvalue weighted by Gasteiger charge is -2.24. The molecule has 3 unspecified atom stereocenters. The fourth-order valence-corrected chi connectivity index (χ4v) is 3.73. The van der Waals surface area contributed by atoms with Crippen molar-refractivity contribution in [3.05, 3.63) is 52.9 Å². The highest BCUT2D eigenvalue weighted by atomic mass is 19.2. The van der Waals surface area contributed by atoms with Gasteiger partial charge in [-0.2, -0.15) is 5.10 Å². The van der Waals surface area contributed by atoms with Gasteiger partial charge in [0.25, 0.3) is 0 Å². The molecule has 2 aromatic rings. The van der Waals surface area contributed by atoms with Crippen molar-refractivity contribution in [2.75, 3.05) is 0 Å². The third-order valence-corrected chi connectivity index (χ3v) is 5.19. The molecule has 1 aromatic heterocycles. The fraction of sp³-hybridized carbons (Fsp3) is 0.444. The minimum absolute atomic E-state index is 0.00107. The second-order valence-corrected chi connectivity index (χ2v) is 6.75. The fourth-order valence-electron chi connectivity index (χ4n) is 3.73. The Balaban J connectivity index is 1.44. The first-order valence-electron chi connectivity index (χ1n) is 8.30. The number of carbonyl (C=O) groups is 1. The second kappa shape index (κ2) is 5.69. The summed E-state index contributed by atoms with van der Waals surface area (Å²) in [7, 11) is 1.92. The van der Waals surface area contributed by atoms with E-state index < -0.39 is 11.6 Å². The topological polar surface area (TPSA) is 46.9 Å². The smallest absolute Gasteiger partial charge is 0.224 e. The number of nitrogens with one attached hydrogen (secondary N) is 1. The Bertz CT molecular complexity index is 802. The van der Waals surface area contributed by atoms with Crippen LogP contribution < -0.4 is 5.32 Å². The molecule has 0 spiro atoms. The van der Waals surface area contributed by atoms with Crippen molar-refractivity contribution in [3.8, 4) is 0 Å². The summed E-state index contributed by atoms with van der Waals surface area (Å²) in [6, 6.07) is 3.89. The molecule has 1 saturated carbocycles. The van der Waals surface area contributed by atoms with E-state index in [0.717, 1.165) is 30.9 Å². The highest BCUT2D eigenvalue weighted by Gasteiger charge is 2.45. The zero-order valence-corrected chi connectivity index (χ0v) is 13.4. The summed E-state index contributed by atoms with van der Waals surface area (Å²) in [6.45, 7) is 0. The van der Waals surface area contributed by atoms with Crippen LogP contribution in [0.25, 0.3) is 0 Å². The summed E-state index contributed by atoms with van der Waals surface area (Å²) in [4.78, 5) is 12.5. The van der Waals surface area contributed by atoms with Gasteiger partial charge in [0, 0.05) is 24.2 Å². The van der Waals surface area contributed by atoms with Gasteiger partial charge in [-0.05, 0) is 49.3 Å². The first-order chi connectivity index (χ1) is 11.5. The third kappa shape index (κ3) is 2.60. The van der Waals surface area contributed by atoms with Crippen LogP contribution in [0.15, 0.2) is 24.4 Å². The van der Waals surface area contributed by atoms with Gasteiger partial charge in [0.2, 0.25) is 5.91 Å². The van der Waals surface area contributed by atoms with E-state index in [4.69, 9.17) is 0 Å². The second-order valence-electron chi connectivity index (χ2n) is 6.75. The molecule has 126 valence electrons. The lowest BCUT2D eigenvalue weighted by Crippen LogP contribution is -2.32. The summed E-state index contributed by atoms with van der Waals surface area (Å²) in [5.41, 5.74) is 2.97. The average Bonchev–Trinajstić information content (AvgIpc) is 3.28. The Labute approximate surface area is 138 Å². The van der Waals surface area contributed by atoms with Crippen molar-refractivity contribution in [2.24, 2.45) is 13.0 Å². The molecule has 6 heteroatoms. The Hall–Kier alpha value is -2.24. The monoisotopic (exact) mass is 331 g/mol. The normalized spacial score (nSPS) is 25.2. The summed E-state index contributed by atoms with van der Waals surface area (Å²) in [5, 5.41) is 7.40. The SMILES string of the molecule is Cn1ncc2c1CCCC2NC(=O)C1CC1c1ccc(F)c(F)c1. The number of benzene rings is 1. The van der Waals surface area contributed by atoms with Crippen molar-refractivity contribution in [1.29, 1.82) is 0 Å². The highest BCUT2D eigenvalue weighted by Crippen LogP contribution is 2.48. The first kappa shape index (κ1) is 15.3. The maximum absolute atomic E-state index is 13.4. The molecule has 1 heterocycles.